The normalized spacial score (nSPS) is 19.2. The van der Waals surface area contributed by atoms with Gasteiger partial charge in [-0.1, -0.05) is 12.1 Å². The first kappa shape index (κ1) is 14.7. The first-order valence-corrected chi connectivity index (χ1v) is 6.82. The summed E-state index contributed by atoms with van der Waals surface area (Å²) >= 11 is 0. The second kappa shape index (κ2) is 6.13. The summed E-state index contributed by atoms with van der Waals surface area (Å²) in [7, 11) is 0. The quantitative estimate of drug-likeness (QED) is 0.830. The zero-order valence-corrected chi connectivity index (χ0v) is 11.7. The van der Waals surface area contributed by atoms with E-state index < -0.39 is 6.04 Å². The third kappa shape index (κ3) is 3.22. The number of amides is 2. The molecule has 1 heterocycles. The van der Waals surface area contributed by atoms with E-state index in [0.717, 1.165) is 5.56 Å². The van der Waals surface area contributed by atoms with Crippen LogP contribution in [-0.4, -0.2) is 35.3 Å². The Balaban J connectivity index is 1.86. The topological polar surface area (TPSA) is 49.4 Å². The smallest absolute Gasteiger partial charge is 0.247 e. The molecule has 1 fully saturated rings. The molecule has 0 spiro atoms. The van der Waals surface area contributed by atoms with Gasteiger partial charge in [-0.15, -0.1) is 0 Å². The van der Waals surface area contributed by atoms with Crippen molar-refractivity contribution in [3.8, 4) is 0 Å². The molecule has 20 heavy (non-hydrogen) atoms. The zero-order valence-electron chi connectivity index (χ0n) is 11.7. The minimum Gasteiger partial charge on any atom is -0.305 e. The number of benzene rings is 1. The van der Waals surface area contributed by atoms with Gasteiger partial charge in [0.15, 0.2) is 0 Å². The van der Waals surface area contributed by atoms with E-state index in [9.17, 15) is 14.0 Å². The molecule has 1 aliphatic rings. The lowest BCUT2D eigenvalue weighted by molar-refractivity contribution is -0.140. The van der Waals surface area contributed by atoms with Gasteiger partial charge in [-0.3, -0.25) is 14.5 Å². The number of nitrogens with one attached hydrogen (secondary N) is 1. The molecule has 1 aromatic rings. The van der Waals surface area contributed by atoms with Crippen LogP contribution in [0.1, 0.15) is 25.8 Å². The molecule has 1 unspecified atom stereocenters. The summed E-state index contributed by atoms with van der Waals surface area (Å²) < 4.78 is 13.0. The van der Waals surface area contributed by atoms with E-state index in [1.165, 1.54) is 17.0 Å². The third-order valence-electron chi connectivity index (χ3n) is 3.39. The molecule has 5 heteroatoms. The van der Waals surface area contributed by atoms with Gasteiger partial charge < -0.3 is 5.32 Å². The van der Waals surface area contributed by atoms with Crippen LogP contribution in [0, 0.1) is 5.82 Å². The van der Waals surface area contributed by atoms with Crippen molar-refractivity contribution in [1.29, 1.82) is 0 Å². The number of hydrogen-bond acceptors (Lipinski definition) is 3. The molecule has 0 saturated carbocycles. The second-order valence-electron chi connectivity index (χ2n) is 5.29. The average molecular weight is 278 g/mol. The molecule has 0 aromatic heterocycles. The highest BCUT2D eigenvalue weighted by atomic mass is 19.1. The molecule has 1 aromatic carbocycles. The van der Waals surface area contributed by atoms with E-state index >= 15 is 0 Å². The highest BCUT2D eigenvalue weighted by Crippen LogP contribution is 2.16. The van der Waals surface area contributed by atoms with Gasteiger partial charge in [0.05, 0.1) is 12.5 Å². The molecule has 1 saturated heterocycles. The van der Waals surface area contributed by atoms with Crippen LogP contribution >= 0.6 is 0 Å². The fraction of sp³-hybridized carbons (Fsp3) is 0.467. The zero-order chi connectivity index (χ0) is 14.7. The highest BCUT2D eigenvalue weighted by molar-refractivity contribution is 6.05. The van der Waals surface area contributed by atoms with Gasteiger partial charge in [-0.2, -0.15) is 0 Å². The molecule has 108 valence electrons. The standard InChI is InChI=1S/C15H19FN2O2/c1-10(2)18-14(19)9-13(15(18)20)17-7-6-11-4-3-5-12(16)8-11/h3-5,8,10,13,17H,6-7,9H2,1-2H3. The molecule has 1 atom stereocenters. The van der Waals surface area contributed by atoms with Gasteiger partial charge in [-0.25, -0.2) is 4.39 Å². The minimum absolute atomic E-state index is 0.106. The molecule has 1 aliphatic heterocycles. The summed E-state index contributed by atoms with van der Waals surface area (Å²) in [5, 5.41) is 3.08. The van der Waals surface area contributed by atoms with Crippen molar-refractivity contribution in [2.45, 2.75) is 38.8 Å². The second-order valence-corrected chi connectivity index (χ2v) is 5.29. The van der Waals surface area contributed by atoms with Gasteiger partial charge in [0.25, 0.3) is 0 Å². The summed E-state index contributed by atoms with van der Waals surface area (Å²) in [6.45, 7) is 4.19. The number of carbonyl (C=O) groups is 2. The molecule has 0 radical (unpaired) electrons. The number of imide groups is 1. The Morgan fingerprint density at radius 3 is 2.75 bits per heavy atom. The summed E-state index contributed by atoms with van der Waals surface area (Å²) in [5.41, 5.74) is 0.870. The Bertz CT molecular complexity index is 516. The molecule has 4 nitrogen and oxygen atoms in total. The fourth-order valence-corrected chi connectivity index (χ4v) is 2.44. The highest BCUT2D eigenvalue weighted by Gasteiger charge is 2.39. The SMILES string of the molecule is CC(C)N1C(=O)CC(NCCc2cccc(F)c2)C1=O. The van der Waals surface area contributed by atoms with Crippen LogP contribution < -0.4 is 5.32 Å². The van der Waals surface area contributed by atoms with Crippen molar-refractivity contribution < 1.29 is 14.0 Å². The first-order chi connectivity index (χ1) is 9.49. The Hall–Kier alpha value is -1.75. The van der Waals surface area contributed by atoms with Crippen molar-refractivity contribution in [2.24, 2.45) is 0 Å². The van der Waals surface area contributed by atoms with Crippen LogP contribution in [0.2, 0.25) is 0 Å². The van der Waals surface area contributed by atoms with E-state index in [4.69, 9.17) is 0 Å². The van der Waals surface area contributed by atoms with Gasteiger partial charge in [-0.05, 0) is 44.5 Å². The van der Waals surface area contributed by atoms with Crippen molar-refractivity contribution in [2.75, 3.05) is 6.54 Å². The molecular formula is C15H19FN2O2. The number of carbonyl (C=O) groups excluding carboxylic acids is 2. The average Bonchev–Trinajstić information content (AvgIpc) is 2.64. The van der Waals surface area contributed by atoms with Crippen molar-refractivity contribution >= 4 is 11.8 Å². The lowest BCUT2D eigenvalue weighted by Crippen LogP contribution is -2.42. The summed E-state index contributed by atoms with van der Waals surface area (Å²) in [6, 6.07) is 5.83. The van der Waals surface area contributed by atoms with E-state index in [0.29, 0.717) is 13.0 Å². The Kier molecular flexibility index (Phi) is 4.49. The molecule has 1 N–H and O–H groups in total. The summed E-state index contributed by atoms with van der Waals surface area (Å²) in [4.78, 5) is 25.1. The Labute approximate surface area is 118 Å². The number of halogens is 1. The maximum Gasteiger partial charge on any atom is 0.247 e. The van der Waals surface area contributed by atoms with Crippen LogP contribution in [0.5, 0.6) is 0 Å². The Morgan fingerprint density at radius 2 is 2.15 bits per heavy atom. The van der Waals surface area contributed by atoms with E-state index in [1.54, 1.807) is 6.07 Å². The van der Waals surface area contributed by atoms with Gasteiger partial charge in [0, 0.05) is 6.04 Å². The number of rotatable bonds is 5. The van der Waals surface area contributed by atoms with Crippen LogP contribution in [0.3, 0.4) is 0 Å². The van der Waals surface area contributed by atoms with Crippen LogP contribution in [0.25, 0.3) is 0 Å². The maximum atomic E-state index is 13.0. The largest absolute Gasteiger partial charge is 0.305 e. The number of nitrogens with zero attached hydrogens (tertiary/aromatic N) is 1. The van der Waals surface area contributed by atoms with Crippen molar-refractivity contribution in [1.82, 2.24) is 10.2 Å². The van der Waals surface area contributed by atoms with Crippen molar-refractivity contribution in [3.63, 3.8) is 0 Å². The summed E-state index contributed by atoms with van der Waals surface area (Å²) in [6.07, 6.45) is 0.831. The van der Waals surface area contributed by atoms with Crippen molar-refractivity contribution in [3.05, 3.63) is 35.6 Å². The van der Waals surface area contributed by atoms with Gasteiger partial charge >= 0.3 is 0 Å². The lowest BCUT2D eigenvalue weighted by Gasteiger charge is -2.19. The lowest BCUT2D eigenvalue weighted by atomic mass is 10.1. The predicted molar refractivity (Wildman–Crippen MR) is 73.5 cm³/mol. The predicted octanol–water partition coefficient (Wildman–Crippen LogP) is 1.49. The van der Waals surface area contributed by atoms with E-state index in [2.05, 4.69) is 5.32 Å². The molecular weight excluding hydrogens is 259 g/mol. The molecule has 2 rings (SSSR count). The van der Waals surface area contributed by atoms with Gasteiger partial charge in [0.1, 0.15) is 5.82 Å². The summed E-state index contributed by atoms with van der Waals surface area (Å²) in [5.74, 6) is -0.557. The van der Waals surface area contributed by atoms with Gasteiger partial charge in [0.2, 0.25) is 11.8 Å². The minimum atomic E-state index is -0.446. The van der Waals surface area contributed by atoms with Crippen LogP contribution in [0.15, 0.2) is 24.3 Å². The third-order valence-corrected chi connectivity index (χ3v) is 3.39. The number of likely N-dealkylation sites (tertiary alicyclic amines) is 1. The van der Waals surface area contributed by atoms with Crippen LogP contribution in [-0.2, 0) is 16.0 Å². The van der Waals surface area contributed by atoms with E-state index in [-0.39, 0.29) is 30.1 Å². The number of hydrogen-bond donors (Lipinski definition) is 1. The maximum absolute atomic E-state index is 13.0. The first-order valence-electron chi connectivity index (χ1n) is 6.82. The monoisotopic (exact) mass is 278 g/mol. The van der Waals surface area contributed by atoms with Crippen LogP contribution in [0.4, 0.5) is 4.39 Å². The molecule has 0 bridgehead atoms. The molecule has 2 amide bonds. The Morgan fingerprint density at radius 1 is 1.40 bits per heavy atom. The van der Waals surface area contributed by atoms with E-state index in [1.807, 2.05) is 19.9 Å². The fourth-order valence-electron chi connectivity index (χ4n) is 2.44. The molecule has 0 aliphatic carbocycles.